The van der Waals surface area contributed by atoms with Gasteiger partial charge in [-0.15, -0.1) is 0 Å². The summed E-state index contributed by atoms with van der Waals surface area (Å²) in [5.41, 5.74) is 4.41. The second-order valence-electron chi connectivity index (χ2n) is 4.07. The molecule has 1 aromatic carbocycles. The molecule has 0 nitrogen and oxygen atoms in total. The Balaban J connectivity index is 3.00. The fraction of sp³-hybridized carbons (Fsp3) is 0.111. The minimum Gasteiger partial charge on any atom is -0.0984 e. The molecule has 0 heteroatoms. The van der Waals surface area contributed by atoms with Gasteiger partial charge in [-0.1, -0.05) is 67.8 Å². The smallest absolute Gasteiger partial charge is 0.0184 e. The highest BCUT2D eigenvalue weighted by molar-refractivity contribution is 5.76. The van der Waals surface area contributed by atoms with E-state index in [1.165, 1.54) is 0 Å². The monoisotopic (exact) mass is 236 g/mol. The number of rotatable bonds is 5. The number of benzene rings is 1. The van der Waals surface area contributed by atoms with Gasteiger partial charge in [-0.25, -0.2) is 0 Å². The highest BCUT2D eigenvalue weighted by Gasteiger charge is 1.98. The summed E-state index contributed by atoms with van der Waals surface area (Å²) in [6.45, 7) is 12.0. The fourth-order valence-corrected chi connectivity index (χ4v) is 1.54. The molecule has 0 N–H and O–H groups in total. The minimum absolute atomic E-state index is 1.01. The van der Waals surface area contributed by atoms with Gasteiger partial charge in [0.1, 0.15) is 0 Å². The summed E-state index contributed by atoms with van der Waals surface area (Å²) in [4.78, 5) is 0. The lowest BCUT2D eigenvalue weighted by molar-refractivity contribution is 1.44. The van der Waals surface area contributed by atoms with E-state index in [0.717, 1.165) is 22.3 Å². The zero-order valence-electron chi connectivity index (χ0n) is 11.2. The minimum atomic E-state index is 1.01. The van der Waals surface area contributed by atoms with Crippen molar-refractivity contribution >= 4 is 5.57 Å². The van der Waals surface area contributed by atoms with Gasteiger partial charge in [0, 0.05) is 0 Å². The summed E-state index contributed by atoms with van der Waals surface area (Å²) in [6.07, 6.45) is 10.0. The van der Waals surface area contributed by atoms with Crippen LogP contribution in [0, 0.1) is 0 Å². The quantitative estimate of drug-likeness (QED) is 0.606. The van der Waals surface area contributed by atoms with Crippen LogP contribution in [0.5, 0.6) is 0 Å². The summed E-state index contributed by atoms with van der Waals surface area (Å²) in [6, 6.07) is 10.2. The maximum atomic E-state index is 4.09. The SMILES string of the molecule is C=CC(=CC(=C)C(C)=CC=CC)c1ccccc1. The lowest BCUT2D eigenvalue weighted by Crippen LogP contribution is -1.84. The Bertz CT molecular complexity index is 496. The molecule has 0 spiro atoms. The van der Waals surface area contributed by atoms with E-state index in [-0.39, 0.29) is 0 Å². The summed E-state index contributed by atoms with van der Waals surface area (Å²) in [7, 11) is 0. The molecule has 0 radical (unpaired) electrons. The van der Waals surface area contributed by atoms with E-state index in [2.05, 4.69) is 44.4 Å². The Morgan fingerprint density at radius 3 is 2.39 bits per heavy atom. The average Bonchev–Trinajstić information content (AvgIpc) is 2.42. The average molecular weight is 236 g/mol. The van der Waals surface area contributed by atoms with Crippen LogP contribution in [0.15, 0.2) is 85.0 Å². The predicted octanol–water partition coefficient (Wildman–Crippen LogP) is 5.33. The molecule has 0 aromatic heterocycles. The van der Waals surface area contributed by atoms with Gasteiger partial charge in [0.2, 0.25) is 0 Å². The zero-order valence-corrected chi connectivity index (χ0v) is 11.2. The maximum Gasteiger partial charge on any atom is -0.0184 e. The molecule has 0 unspecified atom stereocenters. The van der Waals surface area contributed by atoms with Crippen LogP contribution < -0.4 is 0 Å². The molecular weight excluding hydrogens is 216 g/mol. The third-order valence-corrected chi connectivity index (χ3v) is 2.70. The molecule has 0 amide bonds. The third kappa shape index (κ3) is 4.06. The summed E-state index contributed by atoms with van der Waals surface area (Å²) in [5.74, 6) is 0. The Morgan fingerprint density at radius 2 is 1.83 bits per heavy atom. The van der Waals surface area contributed by atoms with Gasteiger partial charge in [-0.2, -0.15) is 0 Å². The number of allylic oxidation sites excluding steroid dienone is 8. The van der Waals surface area contributed by atoms with Crippen LogP contribution in [0.4, 0.5) is 0 Å². The Hall–Kier alpha value is -2.08. The lowest BCUT2D eigenvalue weighted by atomic mass is 10.0. The van der Waals surface area contributed by atoms with Gasteiger partial charge in [-0.3, -0.25) is 0 Å². The molecule has 0 aliphatic heterocycles. The van der Waals surface area contributed by atoms with Gasteiger partial charge >= 0.3 is 0 Å². The van der Waals surface area contributed by atoms with Crippen LogP contribution >= 0.6 is 0 Å². The molecule has 0 aliphatic rings. The molecule has 18 heavy (non-hydrogen) atoms. The van der Waals surface area contributed by atoms with Gasteiger partial charge < -0.3 is 0 Å². The first-order chi connectivity index (χ1) is 8.69. The predicted molar refractivity (Wildman–Crippen MR) is 82.3 cm³/mol. The van der Waals surface area contributed by atoms with Crippen molar-refractivity contribution in [2.24, 2.45) is 0 Å². The van der Waals surface area contributed by atoms with Gasteiger partial charge in [0.25, 0.3) is 0 Å². The highest BCUT2D eigenvalue weighted by Crippen LogP contribution is 2.19. The third-order valence-electron chi connectivity index (χ3n) is 2.70. The summed E-state index contributed by atoms with van der Waals surface area (Å²) >= 11 is 0. The summed E-state index contributed by atoms with van der Waals surface area (Å²) < 4.78 is 0. The van der Waals surface area contributed by atoms with E-state index < -0.39 is 0 Å². The van der Waals surface area contributed by atoms with Crippen molar-refractivity contribution in [3.8, 4) is 0 Å². The van der Waals surface area contributed by atoms with Gasteiger partial charge in [0.05, 0.1) is 0 Å². The normalized spacial score (nSPS) is 12.8. The van der Waals surface area contributed by atoms with Crippen molar-refractivity contribution in [3.63, 3.8) is 0 Å². The molecule has 0 bridgehead atoms. The van der Waals surface area contributed by atoms with Crippen LogP contribution in [-0.4, -0.2) is 0 Å². The first kappa shape index (κ1) is 14.0. The van der Waals surface area contributed by atoms with Gasteiger partial charge in [0.15, 0.2) is 0 Å². The highest BCUT2D eigenvalue weighted by atomic mass is 14.0. The van der Waals surface area contributed by atoms with E-state index in [0.29, 0.717) is 0 Å². The second-order valence-corrected chi connectivity index (χ2v) is 4.07. The van der Waals surface area contributed by atoms with Crippen molar-refractivity contribution < 1.29 is 0 Å². The van der Waals surface area contributed by atoms with Crippen molar-refractivity contribution in [3.05, 3.63) is 90.6 Å². The number of hydrogen-bond acceptors (Lipinski definition) is 0. The molecule has 0 saturated carbocycles. The molecule has 1 rings (SSSR count). The molecule has 0 fully saturated rings. The largest absolute Gasteiger partial charge is 0.0984 e. The Labute approximate surface area is 110 Å². The molecule has 0 atom stereocenters. The molecule has 0 aliphatic carbocycles. The van der Waals surface area contributed by atoms with Crippen molar-refractivity contribution in [1.29, 1.82) is 0 Å². The maximum absolute atomic E-state index is 4.09. The first-order valence-corrected chi connectivity index (χ1v) is 6.07. The van der Waals surface area contributed by atoms with E-state index in [9.17, 15) is 0 Å². The Morgan fingerprint density at radius 1 is 1.17 bits per heavy atom. The van der Waals surface area contributed by atoms with Crippen LogP contribution in [0.25, 0.3) is 5.57 Å². The van der Waals surface area contributed by atoms with Crippen LogP contribution in [0.2, 0.25) is 0 Å². The molecule has 1 aromatic rings. The van der Waals surface area contributed by atoms with Crippen molar-refractivity contribution in [2.45, 2.75) is 13.8 Å². The van der Waals surface area contributed by atoms with E-state index in [4.69, 9.17) is 0 Å². The first-order valence-electron chi connectivity index (χ1n) is 6.07. The standard InChI is InChI=1S/C18H20/c1-5-7-11-15(3)16(4)14-17(6-2)18-12-9-8-10-13-18/h5-14H,2,4H2,1,3H3. The molecule has 0 heterocycles. The van der Waals surface area contributed by atoms with Crippen molar-refractivity contribution in [1.82, 2.24) is 0 Å². The van der Waals surface area contributed by atoms with Crippen LogP contribution in [-0.2, 0) is 0 Å². The van der Waals surface area contributed by atoms with E-state index in [1.807, 2.05) is 43.4 Å². The van der Waals surface area contributed by atoms with Crippen molar-refractivity contribution in [2.75, 3.05) is 0 Å². The zero-order chi connectivity index (χ0) is 13.4. The molecular formula is C18H20. The van der Waals surface area contributed by atoms with Crippen LogP contribution in [0.1, 0.15) is 19.4 Å². The fourth-order valence-electron chi connectivity index (χ4n) is 1.54. The van der Waals surface area contributed by atoms with Gasteiger partial charge in [-0.05, 0) is 42.2 Å². The lowest BCUT2D eigenvalue weighted by Gasteiger charge is -2.05. The topological polar surface area (TPSA) is 0 Å². The Kier molecular flexibility index (Phi) is 5.66. The molecule has 0 saturated heterocycles. The van der Waals surface area contributed by atoms with E-state index >= 15 is 0 Å². The summed E-state index contributed by atoms with van der Waals surface area (Å²) in [5, 5.41) is 0. The second kappa shape index (κ2) is 7.29. The number of hydrogen-bond donors (Lipinski definition) is 0. The van der Waals surface area contributed by atoms with Crippen LogP contribution in [0.3, 0.4) is 0 Å². The molecule has 92 valence electrons. The van der Waals surface area contributed by atoms with E-state index in [1.54, 1.807) is 0 Å².